The first-order valence-corrected chi connectivity index (χ1v) is 7.50. The summed E-state index contributed by atoms with van der Waals surface area (Å²) in [5, 5.41) is 11.3. The highest BCUT2D eigenvalue weighted by molar-refractivity contribution is 7.11. The fourth-order valence-electron chi connectivity index (χ4n) is 2.05. The van der Waals surface area contributed by atoms with E-state index in [-0.39, 0.29) is 11.9 Å². The van der Waals surface area contributed by atoms with E-state index in [1.165, 1.54) is 0 Å². The van der Waals surface area contributed by atoms with E-state index in [0.29, 0.717) is 17.1 Å². The van der Waals surface area contributed by atoms with Crippen molar-refractivity contribution in [1.82, 2.24) is 15.2 Å². The van der Waals surface area contributed by atoms with Gasteiger partial charge in [-0.25, -0.2) is 4.98 Å². The Hall–Kier alpha value is -2.54. The highest BCUT2D eigenvalue weighted by Crippen LogP contribution is 2.27. The zero-order chi connectivity index (χ0) is 15.7. The summed E-state index contributed by atoms with van der Waals surface area (Å²) in [6.07, 6.45) is 0. The first-order valence-electron chi connectivity index (χ1n) is 6.69. The van der Waals surface area contributed by atoms with Crippen LogP contribution in [0.4, 0.5) is 6.01 Å². The summed E-state index contributed by atoms with van der Waals surface area (Å²) >= 11 is 1.56. The van der Waals surface area contributed by atoms with Gasteiger partial charge in [0.1, 0.15) is 5.69 Å². The lowest BCUT2D eigenvalue weighted by molar-refractivity contribution is 0.102. The molecule has 1 amide bonds. The molecule has 0 spiro atoms. The lowest BCUT2D eigenvalue weighted by Gasteiger charge is -2.01. The van der Waals surface area contributed by atoms with Crippen molar-refractivity contribution in [2.75, 3.05) is 5.32 Å². The van der Waals surface area contributed by atoms with Crippen molar-refractivity contribution in [3.8, 4) is 11.6 Å². The summed E-state index contributed by atoms with van der Waals surface area (Å²) in [7, 11) is 0. The van der Waals surface area contributed by atoms with Gasteiger partial charge in [-0.3, -0.25) is 10.1 Å². The number of hydrogen-bond acceptors (Lipinski definition) is 6. The Labute approximate surface area is 131 Å². The summed E-state index contributed by atoms with van der Waals surface area (Å²) in [6.45, 7) is 5.78. The van der Waals surface area contributed by atoms with Crippen molar-refractivity contribution in [3.63, 3.8) is 0 Å². The number of aryl methyl sites for hydroxylation is 3. The normalized spacial score (nSPS) is 10.7. The van der Waals surface area contributed by atoms with Gasteiger partial charge in [0, 0.05) is 10.4 Å². The van der Waals surface area contributed by atoms with Crippen LogP contribution in [-0.4, -0.2) is 21.1 Å². The Bertz CT molecular complexity index is 838. The molecule has 6 nitrogen and oxygen atoms in total. The largest absolute Gasteiger partial charge is 0.401 e. The maximum atomic E-state index is 12.1. The molecule has 0 aliphatic carbocycles. The lowest BCUT2D eigenvalue weighted by atomic mass is 10.1. The molecule has 0 unspecified atom stereocenters. The minimum Gasteiger partial charge on any atom is -0.401 e. The van der Waals surface area contributed by atoms with E-state index in [1.807, 2.05) is 32.9 Å². The molecule has 1 N–H and O–H groups in total. The van der Waals surface area contributed by atoms with Gasteiger partial charge in [-0.15, -0.1) is 16.4 Å². The maximum Gasteiger partial charge on any atom is 0.322 e. The van der Waals surface area contributed by atoms with Crippen LogP contribution >= 0.6 is 11.3 Å². The number of carbonyl (C=O) groups excluding carboxylic acids is 1. The molecule has 0 atom stereocenters. The van der Waals surface area contributed by atoms with Gasteiger partial charge in [0.05, 0.1) is 5.01 Å². The second-order valence-electron chi connectivity index (χ2n) is 4.87. The number of carbonyl (C=O) groups is 1. The van der Waals surface area contributed by atoms with Crippen LogP contribution in [0.1, 0.15) is 25.8 Å². The minimum absolute atomic E-state index is 0.0616. The van der Waals surface area contributed by atoms with Crippen molar-refractivity contribution in [1.29, 1.82) is 0 Å². The zero-order valence-electron chi connectivity index (χ0n) is 12.4. The topological polar surface area (TPSA) is 80.9 Å². The van der Waals surface area contributed by atoms with Gasteiger partial charge in [0.2, 0.25) is 0 Å². The Balaban J connectivity index is 1.80. The van der Waals surface area contributed by atoms with Crippen molar-refractivity contribution < 1.29 is 9.21 Å². The molecule has 112 valence electrons. The quantitative estimate of drug-likeness (QED) is 0.801. The van der Waals surface area contributed by atoms with Gasteiger partial charge < -0.3 is 4.42 Å². The van der Waals surface area contributed by atoms with Crippen molar-refractivity contribution >= 4 is 23.3 Å². The molecular weight excluding hydrogens is 300 g/mol. The lowest BCUT2D eigenvalue weighted by Crippen LogP contribution is -2.12. The number of nitrogens with zero attached hydrogens (tertiary/aromatic N) is 3. The second kappa shape index (κ2) is 5.69. The first-order chi connectivity index (χ1) is 10.5. The Kier molecular flexibility index (Phi) is 3.72. The van der Waals surface area contributed by atoms with Crippen LogP contribution in [0.3, 0.4) is 0 Å². The molecule has 3 aromatic rings. The van der Waals surface area contributed by atoms with Crippen LogP contribution in [0.2, 0.25) is 0 Å². The van der Waals surface area contributed by atoms with Crippen LogP contribution in [0.25, 0.3) is 11.6 Å². The van der Waals surface area contributed by atoms with Gasteiger partial charge in [0.25, 0.3) is 11.8 Å². The van der Waals surface area contributed by atoms with Crippen molar-refractivity contribution in [3.05, 3.63) is 45.3 Å². The second-order valence-corrected chi connectivity index (χ2v) is 6.28. The third kappa shape index (κ3) is 2.89. The highest BCUT2D eigenvalue weighted by Gasteiger charge is 2.16. The van der Waals surface area contributed by atoms with Gasteiger partial charge in [-0.05, 0) is 32.9 Å². The molecule has 1 aromatic carbocycles. The fraction of sp³-hybridized carbons (Fsp3) is 0.200. The third-order valence-electron chi connectivity index (χ3n) is 3.03. The van der Waals surface area contributed by atoms with E-state index in [4.69, 9.17) is 4.42 Å². The molecular formula is C15H14N4O2S. The van der Waals surface area contributed by atoms with Crippen LogP contribution < -0.4 is 5.32 Å². The van der Waals surface area contributed by atoms with E-state index < -0.39 is 0 Å². The number of aromatic nitrogens is 3. The molecule has 0 bridgehead atoms. The van der Waals surface area contributed by atoms with Crippen LogP contribution in [-0.2, 0) is 0 Å². The van der Waals surface area contributed by atoms with Gasteiger partial charge >= 0.3 is 6.01 Å². The summed E-state index contributed by atoms with van der Waals surface area (Å²) in [5.74, 6) is 0.0199. The summed E-state index contributed by atoms with van der Waals surface area (Å²) in [4.78, 5) is 17.5. The predicted molar refractivity (Wildman–Crippen MR) is 84.0 cm³/mol. The number of rotatable bonds is 3. The SMILES string of the molecule is Cc1cccc(C(=O)Nc2nnc(-c3nc(C)sc3C)o2)c1. The highest BCUT2D eigenvalue weighted by atomic mass is 32.1. The van der Waals surface area contributed by atoms with E-state index in [0.717, 1.165) is 15.4 Å². The van der Waals surface area contributed by atoms with Crippen LogP contribution in [0.5, 0.6) is 0 Å². The predicted octanol–water partition coefficient (Wildman–Crippen LogP) is 3.37. The van der Waals surface area contributed by atoms with E-state index in [9.17, 15) is 4.79 Å². The maximum absolute atomic E-state index is 12.1. The van der Waals surface area contributed by atoms with E-state index in [1.54, 1.807) is 23.5 Å². The zero-order valence-corrected chi connectivity index (χ0v) is 13.2. The third-order valence-corrected chi connectivity index (χ3v) is 3.92. The summed E-state index contributed by atoms with van der Waals surface area (Å²) in [6, 6.07) is 7.33. The molecule has 0 fully saturated rings. The standard InChI is InChI=1S/C15H14N4O2S/c1-8-5-4-6-11(7-8)13(20)17-15-19-18-14(21-15)12-9(2)22-10(3)16-12/h4-7H,1-3H3,(H,17,19,20). The molecule has 2 heterocycles. The molecule has 0 saturated heterocycles. The molecule has 0 saturated carbocycles. The van der Waals surface area contributed by atoms with Crippen molar-refractivity contribution in [2.24, 2.45) is 0 Å². The van der Waals surface area contributed by atoms with Gasteiger partial charge in [-0.2, -0.15) is 0 Å². The van der Waals surface area contributed by atoms with Crippen molar-refractivity contribution in [2.45, 2.75) is 20.8 Å². The van der Waals surface area contributed by atoms with Crippen LogP contribution in [0.15, 0.2) is 28.7 Å². The smallest absolute Gasteiger partial charge is 0.322 e. The number of hydrogen-bond donors (Lipinski definition) is 1. The average molecular weight is 314 g/mol. The van der Waals surface area contributed by atoms with Gasteiger partial charge in [-0.1, -0.05) is 22.8 Å². The molecule has 2 aromatic heterocycles. The molecule has 0 radical (unpaired) electrons. The number of nitrogens with one attached hydrogen (secondary N) is 1. The van der Waals surface area contributed by atoms with E-state index >= 15 is 0 Å². The summed E-state index contributed by atoms with van der Waals surface area (Å²) in [5.41, 5.74) is 2.21. The fourth-order valence-corrected chi connectivity index (χ4v) is 2.86. The Morgan fingerprint density at radius 3 is 2.73 bits per heavy atom. The van der Waals surface area contributed by atoms with Gasteiger partial charge in [0.15, 0.2) is 0 Å². The van der Waals surface area contributed by atoms with E-state index in [2.05, 4.69) is 20.5 Å². The summed E-state index contributed by atoms with van der Waals surface area (Å²) < 4.78 is 5.48. The average Bonchev–Trinajstić information content (AvgIpc) is 3.05. The molecule has 7 heteroatoms. The molecule has 0 aliphatic heterocycles. The number of anilines is 1. The molecule has 22 heavy (non-hydrogen) atoms. The monoisotopic (exact) mass is 314 g/mol. The number of amides is 1. The Morgan fingerprint density at radius 2 is 2.05 bits per heavy atom. The number of thiazole rings is 1. The Morgan fingerprint density at radius 1 is 1.23 bits per heavy atom. The first kappa shape index (κ1) is 14.4. The molecule has 3 rings (SSSR count). The molecule has 0 aliphatic rings. The van der Waals surface area contributed by atoms with Crippen LogP contribution in [0, 0.1) is 20.8 Å². The number of benzene rings is 1. The minimum atomic E-state index is -0.287.